The first kappa shape index (κ1) is 28.0. The largest absolute Gasteiger partial charge is 0.461 e. The van der Waals surface area contributed by atoms with Crippen molar-refractivity contribution in [3.05, 3.63) is 83.9 Å². The molecule has 0 saturated carbocycles. The van der Waals surface area contributed by atoms with Gasteiger partial charge in [-0.2, -0.15) is 30.7 Å². The van der Waals surface area contributed by atoms with Gasteiger partial charge in [0.2, 0.25) is 0 Å². The Morgan fingerprint density at radius 1 is 0.784 bits per heavy atom. The second-order valence-electron chi connectivity index (χ2n) is 7.75. The third-order valence-corrected chi connectivity index (χ3v) is 4.81. The molecule has 3 aromatic rings. The van der Waals surface area contributed by atoms with Crippen LogP contribution in [0.15, 0.2) is 66.7 Å². The molecule has 0 aliphatic heterocycles. The van der Waals surface area contributed by atoms with Crippen LogP contribution in [0.4, 0.5) is 45.2 Å². The van der Waals surface area contributed by atoms with E-state index in [1.54, 1.807) is 0 Å². The molecule has 200 valence electrons. The summed E-state index contributed by atoms with van der Waals surface area (Å²) in [7, 11) is 0. The molecule has 1 N–H and O–H groups in total. The zero-order chi connectivity index (χ0) is 27.4. The lowest BCUT2D eigenvalue weighted by molar-refractivity contribution is -0.253. The van der Waals surface area contributed by atoms with E-state index in [-0.39, 0.29) is 22.7 Å². The Labute approximate surface area is 204 Å². The maximum atomic E-state index is 13.5. The number of ether oxygens (including phenoxy) is 2. The Balaban J connectivity index is 1.90. The van der Waals surface area contributed by atoms with E-state index in [1.807, 2.05) is 0 Å². The first-order valence-corrected chi connectivity index (χ1v) is 10.4. The van der Waals surface area contributed by atoms with E-state index in [1.165, 1.54) is 36.4 Å². The van der Waals surface area contributed by atoms with Gasteiger partial charge >= 0.3 is 18.7 Å². The van der Waals surface area contributed by atoms with E-state index in [4.69, 9.17) is 4.74 Å². The Hall–Kier alpha value is -3.61. The third kappa shape index (κ3) is 7.94. The van der Waals surface area contributed by atoms with Crippen LogP contribution in [0.2, 0.25) is 0 Å². The average molecular weight is 539 g/mol. The maximum absolute atomic E-state index is 13.5. The van der Waals surface area contributed by atoms with E-state index in [0.29, 0.717) is 6.07 Å². The van der Waals surface area contributed by atoms with Crippen molar-refractivity contribution in [3.63, 3.8) is 0 Å². The predicted molar refractivity (Wildman–Crippen MR) is 114 cm³/mol. The molecule has 0 heterocycles. The topological polar surface area (TPSA) is 41.9 Å². The van der Waals surface area contributed by atoms with Gasteiger partial charge in [-0.25, -0.2) is 8.78 Å². The molecule has 0 spiro atoms. The Bertz CT molecular complexity index is 1180. The monoisotopic (exact) mass is 539 g/mol. The van der Waals surface area contributed by atoms with Crippen LogP contribution >= 0.6 is 0 Å². The van der Waals surface area contributed by atoms with Crippen molar-refractivity contribution < 1.29 is 54.1 Å². The van der Waals surface area contributed by atoms with Gasteiger partial charge in [-0.15, -0.1) is 0 Å². The van der Waals surface area contributed by atoms with Gasteiger partial charge in [-0.05, 0) is 29.8 Å². The summed E-state index contributed by atoms with van der Waals surface area (Å²) >= 11 is 0. The first-order valence-electron chi connectivity index (χ1n) is 10.4. The van der Waals surface area contributed by atoms with Crippen LogP contribution in [0, 0.1) is 11.6 Å². The second-order valence-corrected chi connectivity index (χ2v) is 7.75. The first-order chi connectivity index (χ1) is 17.2. The highest BCUT2D eigenvalue weighted by Gasteiger charge is 2.44. The molecular formula is C24H18F9NO3. The molecular weight excluding hydrogens is 521 g/mol. The van der Waals surface area contributed by atoms with Crippen molar-refractivity contribution in [3.8, 4) is 17.2 Å². The maximum Gasteiger partial charge on any atom is 0.461 e. The van der Waals surface area contributed by atoms with Gasteiger partial charge in [-0.3, -0.25) is 0 Å². The number of aliphatic hydroxyl groups excluding tert-OH is 1. The number of nitrogens with zero attached hydrogens (tertiary/aromatic N) is 1. The zero-order valence-electron chi connectivity index (χ0n) is 18.5. The number of hydrogen-bond donors (Lipinski definition) is 1. The number of hydrogen-bond acceptors (Lipinski definition) is 4. The second kappa shape index (κ2) is 11.2. The van der Waals surface area contributed by atoms with Crippen molar-refractivity contribution >= 4 is 5.69 Å². The minimum atomic E-state index is -5.00. The molecule has 3 rings (SSSR count). The fourth-order valence-electron chi connectivity index (χ4n) is 3.17. The van der Waals surface area contributed by atoms with Crippen molar-refractivity contribution in [1.82, 2.24) is 0 Å². The van der Waals surface area contributed by atoms with Gasteiger partial charge in [0.15, 0.2) is 6.10 Å². The van der Waals surface area contributed by atoms with E-state index >= 15 is 0 Å². The van der Waals surface area contributed by atoms with E-state index in [9.17, 15) is 44.6 Å². The number of alkyl halides is 7. The molecule has 1 unspecified atom stereocenters. The molecule has 0 aliphatic carbocycles. The minimum Gasteiger partial charge on any atom is -0.457 e. The van der Waals surface area contributed by atoms with Crippen LogP contribution in [-0.4, -0.2) is 36.5 Å². The van der Waals surface area contributed by atoms with E-state index in [2.05, 4.69) is 4.74 Å². The van der Waals surface area contributed by atoms with Gasteiger partial charge in [0.05, 0.1) is 6.54 Å². The molecule has 0 aliphatic rings. The quantitative estimate of drug-likeness (QED) is 0.284. The molecule has 4 nitrogen and oxygen atoms in total. The van der Waals surface area contributed by atoms with Crippen LogP contribution in [0.1, 0.15) is 5.56 Å². The summed E-state index contributed by atoms with van der Waals surface area (Å²) in [6.45, 7) is -1.43. The average Bonchev–Trinajstić information content (AvgIpc) is 2.77. The molecule has 13 heteroatoms. The molecule has 0 fully saturated rings. The fourth-order valence-corrected chi connectivity index (χ4v) is 3.17. The lowest BCUT2D eigenvalue weighted by Gasteiger charge is -2.29. The van der Waals surface area contributed by atoms with Crippen molar-refractivity contribution in [2.24, 2.45) is 0 Å². The Kier molecular flexibility index (Phi) is 8.46. The number of rotatable bonds is 10. The van der Waals surface area contributed by atoms with Crippen LogP contribution in [0.5, 0.6) is 17.2 Å². The molecule has 0 amide bonds. The highest BCUT2D eigenvalue weighted by atomic mass is 19.4. The van der Waals surface area contributed by atoms with E-state index < -0.39 is 55.3 Å². The van der Waals surface area contributed by atoms with Gasteiger partial charge < -0.3 is 19.5 Å². The van der Waals surface area contributed by atoms with Gasteiger partial charge in [-0.1, -0.05) is 18.2 Å². The number of aliphatic hydroxyl groups is 1. The van der Waals surface area contributed by atoms with Crippen LogP contribution in [0.25, 0.3) is 0 Å². The highest BCUT2D eigenvalue weighted by molar-refractivity contribution is 5.52. The zero-order valence-corrected chi connectivity index (χ0v) is 18.5. The number of anilines is 1. The molecule has 0 radical (unpaired) electrons. The Morgan fingerprint density at radius 2 is 1.41 bits per heavy atom. The summed E-state index contributed by atoms with van der Waals surface area (Å²) in [5.41, 5.74) is 0.123. The van der Waals surface area contributed by atoms with Crippen molar-refractivity contribution in [2.75, 3.05) is 11.4 Å². The minimum absolute atomic E-state index is 0.0253. The summed E-state index contributed by atoms with van der Waals surface area (Å²) < 4.78 is 127. The summed E-state index contributed by atoms with van der Waals surface area (Å²) in [6.07, 6.45) is -16.7. The molecule has 0 bridgehead atoms. The Morgan fingerprint density at radius 3 is 2.03 bits per heavy atom. The smallest absolute Gasteiger partial charge is 0.457 e. The molecule has 0 aromatic heterocycles. The summed E-state index contributed by atoms with van der Waals surface area (Å²) in [5.74, 6) is -2.78. The van der Waals surface area contributed by atoms with Crippen LogP contribution in [-0.2, 0) is 6.54 Å². The number of halogens is 9. The molecule has 0 saturated heterocycles. The van der Waals surface area contributed by atoms with Gasteiger partial charge in [0.1, 0.15) is 28.9 Å². The van der Waals surface area contributed by atoms with E-state index in [0.717, 1.165) is 29.2 Å². The number of benzene rings is 3. The van der Waals surface area contributed by atoms with Gasteiger partial charge in [0, 0.05) is 36.5 Å². The SMILES string of the molecule is OC(CN(Cc1cccc(OC(F)(F)C(F)F)c1)c1cccc(Oc2cc(F)cc(F)c2)c1)C(F)(F)F. The predicted octanol–water partition coefficient (Wildman–Crippen LogP) is 6.92. The normalized spacial score (nSPS) is 12.9. The van der Waals surface area contributed by atoms with Crippen LogP contribution < -0.4 is 14.4 Å². The van der Waals surface area contributed by atoms with Gasteiger partial charge in [0.25, 0.3) is 0 Å². The van der Waals surface area contributed by atoms with Crippen molar-refractivity contribution in [2.45, 2.75) is 31.4 Å². The highest BCUT2D eigenvalue weighted by Crippen LogP contribution is 2.31. The molecule has 3 aromatic carbocycles. The van der Waals surface area contributed by atoms with Crippen LogP contribution in [0.3, 0.4) is 0 Å². The molecule has 1 atom stereocenters. The molecule has 37 heavy (non-hydrogen) atoms. The summed E-state index contributed by atoms with van der Waals surface area (Å²) in [4.78, 5) is 1.02. The summed E-state index contributed by atoms with van der Waals surface area (Å²) in [6, 6.07) is 12.0. The standard InChI is InChI=1S/C24H18F9NO3/c25-15-8-16(26)10-20(9-15)36-18-5-2-4-17(11-18)34(13-21(35)23(29,30)31)12-14-3-1-6-19(7-14)37-24(32,33)22(27)28/h1-11,21-22,35H,12-13H2. The lowest BCUT2D eigenvalue weighted by atomic mass is 10.1. The fraction of sp³-hybridized carbons (Fsp3) is 0.250. The summed E-state index contributed by atoms with van der Waals surface area (Å²) in [5, 5.41) is 9.64. The lowest BCUT2D eigenvalue weighted by Crippen LogP contribution is -2.40. The third-order valence-electron chi connectivity index (χ3n) is 4.81. The van der Waals surface area contributed by atoms with Crippen molar-refractivity contribution in [1.29, 1.82) is 0 Å².